The van der Waals surface area contributed by atoms with Crippen LogP contribution in [0, 0.1) is 19.8 Å². The van der Waals surface area contributed by atoms with E-state index in [1.807, 2.05) is 6.20 Å². The summed E-state index contributed by atoms with van der Waals surface area (Å²) in [5, 5.41) is 12.3. The van der Waals surface area contributed by atoms with Crippen LogP contribution in [0.3, 0.4) is 0 Å². The number of carbonyl (C=O) groups is 1. The highest BCUT2D eigenvalue weighted by Crippen LogP contribution is 2.36. The summed E-state index contributed by atoms with van der Waals surface area (Å²) >= 11 is 1.80. The minimum atomic E-state index is 0.0652. The van der Waals surface area contributed by atoms with E-state index in [0.29, 0.717) is 18.0 Å². The number of hydrogen-bond donors (Lipinski definition) is 1. The van der Waals surface area contributed by atoms with E-state index in [1.54, 1.807) is 11.3 Å². The topological polar surface area (TPSA) is 63.1 Å². The average molecular weight is 498 g/mol. The Kier molecular flexibility index (Phi) is 8.68. The van der Waals surface area contributed by atoms with E-state index in [0.717, 1.165) is 56.7 Å². The van der Waals surface area contributed by atoms with Gasteiger partial charge in [-0.1, -0.05) is 39.7 Å². The standard InChI is InChI=1S/C28H43N5OS/c1-6-32(23-13-14-24(18-23)33-21(5)30-31-27(33)19(2)3)17-16-25(26-15-12-20(4)35-26)29-28(34)22-10-8-7-9-11-22/h6,12,15,19,22-25H,1,7-11,13-14,16-18H2,2-5H3,(H,29,34)/t23?,24?,25-/m0/s1. The zero-order valence-corrected chi connectivity index (χ0v) is 22.8. The molecule has 2 aliphatic rings. The molecular weight excluding hydrogens is 454 g/mol. The molecule has 0 aliphatic heterocycles. The summed E-state index contributed by atoms with van der Waals surface area (Å²) < 4.78 is 2.37. The maximum absolute atomic E-state index is 13.1. The number of hydrogen-bond acceptors (Lipinski definition) is 5. The molecule has 35 heavy (non-hydrogen) atoms. The van der Waals surface area contributed by atoms with Crippen molar-refractivity contribution in [1.29, 1.82) is 0 Å². The molecule has 2 unspecified atom stereocenters. The molecule has 1 amide bonds. The minimum Gasteiger partial charge on any atom is -0.375 e. The lowest BCUT2D eigenvalue weighted by Gasteiger charge is -2.30. The molecule has 0 spiro atoms. The first-order valence-corrected chi connectivity index (χ1v) is 14.4. The fourth-order valence-electron chi connectivity index (χ4n) is 5.98. The molecule has 2 aliphatic carbocycles. The van der Waals surface area contributed by atoms with Crippen LogP contribution in [0.15, 0.2) is 24.9 Å². The van der Waals surface area contributed by atoms with Gasteiger partial charge in [-0.3, -0.25) is 4.79 Å². The molecule has 1 N–H and O–H groups in total. The molecular formula is C28H43N5OS. The normalized spacial score (nSPS) is 21.9. The van der Waals surface area contributed by atoms with Gasteiger partial charge in [-0.2, -0.15) is 0 Å². The highest BCUT2D eigenvalue weighted by molar-refractivity contribution is 7.12. The van der Waals surface area contributed by atoms with Crippen LogP contribution in [-0.2, 0) is 4.79 Å². The molecule has 2 aromatic rings. The maximum atomic E-state index is 13.1. The fourth-order valence-corrected chi connectivity index (χ4v) is 6.95. The molecule has 2 aromatic heterocycles. The van der Waals surface area contributed by atoms with E-state index in [9.17, 15) is 4.79 Å². The zero-order chi connectivity index (χ0) is 24.9. The lowest BCUT2D eigenvalue weighted by molar-refractivity contribution is -0.126. The molecule has 2 fully saturated rings. The predicted octanol–water partition coefficient (Wildman–Crippen LogP) is 6.45. The van der Waals surface area contributed by atoms with Gasteiger partial charge in [-0.25, -0.2) is 0 Å². The summed E-state index contributed by atoms with van der Waals surface area (Å²) in [5.74, 6) is 2.91. The van der Waals surface area contributed by atoms with Crippen molar-refractivity contribution >= 4 is 17.2 Å². The molecule has 2 heterocycles. The molecule has 0 bridgehead atoms. The second-order valence-corrected chi connectivity index (χ2v) is 12.1. The molecule has 6 nitrogen and oxygen atoms in total. The highest BCUT2D eigenvalue weighted by atomic mass is 32.1. The highest BCUT2D eigenvalue weighted by Gasteiger charge is 2.32. The Hall–Kier alpha value is -2.15. The molecule has 2 saturated carbocycles. The molecule has 0 aromatic carbocycles. The van der Waals surface area contributed by atoms with Gasteiger partial charge in [0.25, 0.3) is 0 Å². The number of carbonyl (C=O) groups excluding carboxylic acids is 1. The van der Waals surface area contributed by atoms with Crippen LogP contribution in [0.5, 0.6) is 0 Å². The average Bonchev–Trinajstić information content (AvgIpc) is 3.59. The Morgan fingerprint density at radius 1 is 1.20 bits per heavy atom. The van der Waals surface area contributed by atoms with Gasteiger partial charge >= 0.3 is 0 Å². The second kappa shape index (κ2) is 11.7. The van der Waals surface area contributed by atoms with E-state index in [-0.39, 0.29) is 17.9 Å². The third kappa shape index (κ3) is 6.16. The van der Waals surface area contributed by atoms with Crippen molar-refractivity contribution in [3.63, 3.8) is 0 Å². The Bertz CT molecular complexity index is 989. The van der Waals surface area contributed by atoms with Crippen molar-refractivity contribution in [3.8, 4) is 0 Å². The molecule has 4 rings (SSSR count). The minimum absolute atomic E-state index is 0.0652. The summed E-state index contributed by atoms with van der Waals surface area (Å²) in [5.41, 5.74) is 0. The first-order valence-electron chi connectivity index (χ1n) is 13.5. The summed E-state index contributed by atoms with van der Waals surface area (Å²) in [6.45, 7) is 13.6. The lowest BCUT2D eigenvalue weighted by atomic mass is 9.88. The Labute approximate surface area is 215 Å². The first kappa shape index (κ1) is 25.9. The van der Waals surface area contributed by atoms with Gasteiger partial charge in [-0.15, -0.1) is 21.5 Å². The van der Waals surface area contributed by atoms with Crippen LogP contribution >= 0.6 is 11.3 Å². The number of nitrogens with one attached hydrogen (secondary N) is 1. The SMILES string of the molecule is C=CN(CC[C@H](NC(=O)C1CCCCC1)c1ccc(C)s1)C1CCC(n2c(C)nnc2C(C)C)C1. The van der Waals surface area contributed by atoms with Crippen LogP contribution in [0.1, 0.15) is 111 Å². The van der Waals surface area contributed by atoms with E-state index >= 15 is 0 Å². The van der Waals surface area contributed by atoms with Crippen LogP contribution in [-0.4, -0.2) is 38.2 Å². The third-order valence-electron chi connectivity index (χ3n) is 7.93. The maximum Gasteiger partial charge on any atom is 0.223 e. The largest absolute Gasteiger partial charge is 0.375 e. The van der Waals surface area contributed by atoms with Gasteiger partial charge in [0.1, 0.15) is 11.6 Å². The number of amides is 1. The quantitative estimate of drug-likeness (QED) is 0.410. The molecule has 0 saturated heterocycles. The number of thiophene rings is 1. The number of aryl methyl sites for hydroxylation is 2. The Morgan fingerprint density at radius 3 is 2.63 bits per heavy atom. The van der Waals surface area contributed by atoms with Crippen molar-refractivity contribution in [2.45, 2.75) is 110 Å². The number of rotatable bonds is 10. The monoisotopic (exact) mass is 497 g/mol. The number of aromatic nitrogens is 3. The first-order chi connectivity index (χ1) is 16.9. The van der Waals surface area contributed by atoms with Crippen molar-refractivity contribution in [2.24, 2.45) is 5.92 Å². The van der Waals surface area contributed by atoms with Gasteiger partial charge in [0, 0.05) is 40.2 Å². The van der Waals surface area contributed by atoms with Crippen LogP contribution in [0.4, 0.5) is 0 Å². The Morgan fingerprint density at radius 2 is 1.97 bits per heavy atom. The fraction of sp³-hybridized carbons (Fsp3) is 0.679. The van der Waals surface area contributed by atoms with E-state index < -0.39 is 0 Å². The molecule has 192 valence electrons. The van der Waals surface area contributed by atoms with Crippen molar-refractivity contribution in [3.05, 3.63) is 46.3 Å². The third-order valence-corrected chi connectivity index (χ3v) is 9.04. The summed E-state index contributed by atoms with van der Waals surface area (Å²) in [4.78, 5) is 18.1. The van der Waals surface area contributed by atoms with Gasteiger partial charge < -0.3 is 14.8 Å². The predicted molar refractivity (Wildman–Crippen MR) is 144 cm³/mol. The smallest absolute Gasteiger partial charge is 0.223 e. The second-order valence-electron chi connectivity index (χ2n) is 10.8. The van der Waals surface area contributed by atoms with E-state index in [4.69, 9.17) is 0 Å². The van der Waals surface area contributed by atoms with Gasteiger partial charge in [-0.05, 0) is 70.7 Å². The number of nitrogens with zero attached hydrogens (tertiary/aromatic N) is 4. The van der Waals surface area contributed by atoms with Crippen LogP contribution in [0.2, 0.25) is 0 Å². The van der Waals surface area contributed by atoms with Gasteiger partial charge in [0.2, 0.25) is 5.91 Å². The van der Waals surface area contributed by atoms with Crippen molar-refractivity contribution in [1.82, 2.24) is 25.0 Å². The summed E-state index contributed by atoms with van der Waals surface area (Å²) in [6.07, 6.45) is 12.0. The van der Waals surface area contributed by atoms with Gasteiger partial charge in [0.05, 0.1) is 6.04 Å². The van der Waals surface area contributed by atoms with Gasteiger partial charge in [0.15, 0.2) is 0 Å². The summed E-state index contributed by atoms with van der Waals surface area (Å²) in [6, 6.07) is 5.32. The zero-order valence-electron chi connectivity index (χ0n) is 22.0. The van der Waals surface area contributed by atoms with Crippen LogP contribution in [0.25, 0.3) is 0 Å². The molecule has 0 radical (unpaired) electrons. The molecule has 7 heteroatoms. The van der Waals surface area contributed by atoms with Crippen LogP contribution < -0.4 is 5.32 Å². The van der Waals surface area contributed by atoms with E-state index in [2.05, 4.69) is 71.4 Å². The van der Waals surface area contributed by atoms with E-state index in [1.165, 1.54) is 29.0 Å². The van der Waals surface area contributed by atoms with Crippen molar-refractivity contribution in [2.75, 3.05) is 6.54 Å². The van der Waals surface area contributed by atoms with Crippen molar-refractivity contribution < 1.29 is 4.79 Å². The summed E-state index contributed by atoms with van der Waals surface area (Å²) in [7, 11) is 0. The Balaban J connectivity index is 1.40. The lowest BCUT2D eigenvalue weighted by Crippen LogP contribution is -2.37. The molecule has 3 atom stereocenters.